The van der Waals surface area contributed by atoms with E-state index in [1.54, 1.807) is 10.7 Å². The minimum absolute atomic E-state index is 0.128. The molecule has 3 aromatic rings. The zero-order chi connectivity index (χ0) is 22.7. The molecule has 2 N–H and O–H groups in total. The standard InChI is InChI=1S/C23H25N5O4/c1-4-31-20-10-16(18-11-21(29)27-23-24-13-25-28(18)23)8-9-19(20)32-12-22(30)26-17-7-5-6-14(2)15(17)3/h5-10,13,18H,4,11-12H2,1-3H3,(H,26,30)(H,24,25,27,29)/t18-/m1/s1. The Balaban J connectivity index is 1.50. The minimum Gasteiger partial charge on any atom is -0.490 e. The number of aromatic nitrogens is 3. The van der Waals surface area contributed by atoms with E-state index in [9.17, 15) is 9.59 Å². The van der Waals surface area contributed by atoms with Crippen molar-refractivity contribution in [1.29, 1.82) is 0 Å². The van der Waals surface area contributed by atoms with Gasteiger partial charge in [0.2, 0.25) is 11.9 Å². The number of ether oxygens (including phenoxy) is 2. The molecule has 1 aliphatic heterocycles. The first-order valence-electron chi connectivity index (χ1n) is 10.4. The van der Waals surface area contributed by atoms with Gasteiger partial charge in [-0.2, -0.15) is 10.1 Å². The highest BCUT2D eigenvalue weighted by Gasteiger charge is 2.28. The van der Waals surface area contributed by atoms with E-state index < -0.39 is 0 Å². The van der Waals surface area contributed by atoms with Crippen molar-refractivity contribution in [2.24, 2.45) is 0 Å². The van der Waals surface area contributed by atoms with Gasteiger partial charge in [-0.05, 0) is 55.7 Å². The first kappa shape index (κ1) is 21.4. The van der Waals surface area contributed by atoms with Gasteiger partial charge in [0.05, 0.1) is 19.1 Å². The molecule has 0 saturated heterocycles. The van der Waals surface area contributed by atoms with E-state index in [1.807, 2.05) is 51.1 Å². The van der Waals surface area contributed by atoms with Crippen LogP contribution >= 0.6 is 0 Å². The molecule has 0 aliphatic carbocycles. The number of amides is 2. The average Bonchev–Trinajstić information content (AvgIpc) is 3.24. The van der Waals surface area contributed by atoms with Gasteiger partial charge in [0, 0.05) is 5.69 Å². The molecule has 0 bridgehead atoms. The number of rotatable bonds is 7. The number of carbonyl (C=O) groups is 2. The van der Waals surface area contributed by atoms with Crippen LogP contribution in [-0.2, 0) is 9.59 Å². The Labute approximate surface area is 185 Å². The Morgan fingerprint density at radius 2 is 2.06 bits per heavy atom. The number of benzene rings is 2. The third-order valence-electron chi connectivity index (χ3n) is 5.39. The fourth-order valence-corrected chi connectivity index (χ4v) is 3.60. The summed E-state index contributed by atoms with van der Waals surface area (Å²) in [5.74, 6) is 0.967. The molecule has 2 heterocycles. The van der Waals surface area contributed by atoms with Gasteiger partial charge in [-0.1, -0.05) is 18.2 Å². The van der Waals surface area contributed by atoms with E-state index in [4.69, 9.17) is 9.47 Å². The fraction of sp³-hybridized carbons (Fsp3) is 0.304. The maximum absolute atomic E-state index is 12.4. The van der Waals surface area contributed by atoms with Gasteiger partial charge in [-0.15, -0.1) is 0 Å². The first-order chi connectivity index (χ1) is 15.5. The summed E-state index contributed by atoms with van der Waals surface area (Å²) in [6.45, 7) is 6.09. The van der Waals surface area contributed by atoms with E-state index >= 15 is 0 Å². The molecule has 9 nitrogen and oxygen atoms in total. The van der Waals surface area contributed by atoms with Crippen molar-refractivity contribution < 1.29 is 19.1 Å². The van der Waals surface area contributed by atoms with Crippen molar-refractivity contribution in [3.05, 3.63) is 59.4 Å². The van der Waals surface area contributed by atoms with Crippen molar-refractivity contribution >= 4 is 23.5 Å². The number of carbonyl (C=O) groups excluding carboxylic acids is 2. The van der Waals surface area contributed by atoms with Gasteiger partial charge in [0.1, 0.15) is 6.33 Å². The van der Waals surface area contributed by atoms with Crippen molar-refractivity contribution in [3.8, 4) is 11.5 Å². The second-order valence-corrected chi connectivity index (χ2v) is 7.52. The van der Waals surface area contributed by atoms with Crippen LogP contribution in [0, 0.1) is 13.8 Å². The third kappa shape index (κ3) is 4.41. The van der Waals surface area contributed by atoms with Crippen molar-refractivity contribution in [1.82, 2.24) is 14.8 Å². The van der Waals surface area contributed by atoms with Gasteiger partial charge in [-0.3, -0.25) is 14.9 Å². The number of fused-ring (bicyclic) bond motifs is 1. The predicted octanol–water partition coefficient (Wildman–Crippen LogP) is 3.24. The molecule has 32 heavy (non-hydrogen) atoms. The zero-order valence-electron chi connectivity index (χ0n) is 18.2. The number of hydrogen-bond donors (Lipinski definition) is 2. The summed E-state index contributed by atoms with van der Waals surface area (Å²) in [5.41, 5.74) is 3.72. The molecule has 0 radical (unpaired) electrons. The summed E-state index contributed by atoms with van der Waals surface area (Å²) in [4.78, 5) is 28.6. The van der Waals surface area contributed by atoms with Crippen molar-refractivity contribution in [3.63, 3.8) is 0 Å². The second kappa shape index (κ2) is 9.09. The molecule has 1 aromatic heterocycles. The van der Waals surface area contributed by atoms with Crippen LogP contribution in [0.1, 0.15) is 36.1 Å². The minimum atomic E-state index is -0.304. The Bertz CT molecular complexity index is 1160. The van der Waals surface area contributed by atoms with E-state index in [2.05, 4.69) is 20.7 Å². The van der Waals surface area contributed by atoms with Gasteiger partial charge < -0.3 is 14.8 Å². The highest BCUT2D eigenvalue weighted by atomic mass is 16.5. The fourth-order valence-electron chi connectivity index (χ4n) is 3.60. The SMILES string of the molecule is CCOc1cc([C@H]2CC(=O)Nc3ncnn32)ccc1OCC(=O)Nc1cccc(C)c1C. The van der Waals surface area contributed by atoms with Crippen molar-refractivity contribution in [2.75, 3.05) is 23.8 Å². The number of anilines is 2. The largest absolute Gasteiger partial charge is 0.490 e. The number of nitrogens with one attached hydrogen (secondary N) is 2. The maximum Gasteiger partial charge on any atom is 0.262 e. The Kier molecular flexibility index (Phi) is 6.07. The number of nitrogens with zero attached hydrogens (tertiary/aromatic N) is 3. The van der Waals surface area contributed by atoms with E-state index in [0.29, 0.717) is 24.1 Å². The molecule has 0 unspecified atom stereocenters. The molecule has 9 heteroatoms. The van der Waals surface area contributed by atoms with Gasteiger partial charge >= 0.3 is 0 Å². The first-order valence-corrected chi connectivity index (χ1v) is 10.4. The van der Waals surface area contributed by atoms with E-state index in [-0.39, 0.29) is 30.9 Å². The maximum atomic E-state index is 12.4. The summed E-state index contributed by atoms with van der Waals surface area (Å²) in [7, 11) is 0. The monoisotopic (exact) mass is 435 g/mol. The summed E-state index contributed by atoms with van der Waals surface area (Å²) >= 11 is 0. The smallest absolute Gasteiger partial charge is 0.262 e. The summed E-state index contributed by atoms with van der Waals surface area (Å²) in [5, 5.41) is 9.81. The van der Waals surface area contributed by atoms with Crippen LogP contribution in [0.15, 0.2) is 42.7 Å². The van der Waals surface area contributed by atoms with Crippen LogP contribution in [0.25, 0.3) is 0 Å². The quantitative estimate of drug-likeness (QED) is 0.590. The Morgan fingerprint density at radius 1 is 1.22 bits per heavy atom. The Hall–Kier alpha value is -3.88. The van der Waals surface area contributed by atoms with E-state index in [1.165, 1.54) is 6.33 Å². The zero-order valence-corrected chi connectivity index (χ0v) is 18.2. The van der Waals surface area contributed by atoms with Crippen LogP contribution < -0.4 is 20.1 Å². The van der Waals surface area contributed by atoms with Crippen LogP contribution in [0.3, 0.4) is 0 Å². The van der Waals surface area contributed by atoms with Gasteiger partial charge in [0.15, 0.2) is 18.1 Å². The third-order valence-corrected chi connectivity index (χ3v) is 5.39. The molecule has 166 valence electrons. The number of hydrogen-bond acceptors (Lipinski definition) is 6. The normalized spacial score (nSPS) is 15.0. The molecule has 2 amide bonds. The molecule has 0 saturated carbocycles. The molecular weight excluding hydrogens is 410 g/mol. The molecule has 2 aromatic carbocycles. The van der Waals surface area contributed by atoms with Gasteiger partial charge in [-0.25, -0.2) is 4.68 Å². The van der Waals surface area contributed by atoms with Crippen LogP contribution in [-0.4, -0.2) is 39.8 Å². The topological polar surface area (TPSA) is 107 Å². The molecular formula is C23H25N5O4. The molecule has 4 rings (SSSR count). The molecule has 1 aliphatic rings. The van der Waals surface area contributed by atoms with Crippen LogP contribution in [0.2, 0.25) is 0 Å². The molecule has 0 spiro atoms. The number of aryl methyl sites for hydroxylation is 1. The second-order valence-electron chi connectivity index (χ2n) is 7.52. The predicted molar refractivity (Wildman–Crippen MR) is 119 cm³/mol. The highest BCUT2D eigenvalue weighted by Crippen LogP contribution is 2.35. The summed E-state index contributed by atoms with van der Waals surface area (Å²) < 4.78 is 13.2. The van der Waals surface area contributed by atoms with Crippen molar-refractivity contribution in [2.45, 2.75) is 33.2 Å². The summed E-state index contributed by atoms with van der Waals surface area (Å²) in [6.07, 6.45) is 1.64. The van der Waals surface area contributed by atoms with Crippen LogP contribution in [0.5, 0.6) is 11.5 Å². The lowest BCUT2D eigenvalue weighted by atomic mass is 10.0. The van der Waals surface area contributed by atoms with Crippen LogP contribution in [0.4, 0.5) is 11.6 Å². The molecule has 1 atom stereocenters. The average molecular weight is 435 g/mol. The summed E-state index contributed by atoms with van der Waals surface area (Å²) in [6, 6.07) is 10.9. The lowest BCUT2D eigenvalue weighted by Gasteiger charge is -2.24. The lowest BCUT2D eigenvalue weighted by molar-refractivity contribution is -0.118. The lowest BCUT2D eigenvalue weighted by Crippen LogP contribution is -2.29. The molecule has 0 fully saturated rings. The Morgan fingerprint density at radius 3 is 2.88 bits per heavy atom. The van der Waals surface area contributed by atoms with Gasteiger partial charge in [0.25, 0.3) is 5.91 Å². The van der Waals surface area contributed by atoms with E-state index in [0.717, 1.165) is 22.4 Å². The highest BCUT2D eigenvalue weighted by molar-refractivity contribution is 5.93.